The summed E-state index contributed by atoms with van der Waals surface area (Å²) < 4.78 is 5.12. The Labute approximate surface area is 158 Å². The fourth-order valence-electron chi connectivity index (χ4n) is 0.994. The van der Waals surface area contributed by atoms with Crippen LogP contribution in [0.5, 0.6) is 0 Å². The molecule has 12 atom stereocenters. The highest BCUT2D eigenvalue weighted by Crippen LogP contribution is 3.22. The Hall–Kier alpha value is 6.29. The molecule has 1 nitrogen and oxygen atoms in total. The van der Waals surface area contributed by atoms with Gasteiger partial charge in [0.1, 0.15) is 0 Å². The van der Waals surface area contributed by atoms with Crippen LogP contribution in [0, 0.1) is 0 Å². The Bertz CT molecular complexity index is 318. The Morgan fingerprint density at radius 1 is 0.857 bits per heavy atom. The van der Waals surface area contributed by atoms with Crippen LogP contribution in [0.2, 0.25) is 0 Å². The van der Waals surface area contributed by atoms with Gasteiger partial charge >= 0.3 is 0 Å². The molecule has 0 aliphatic carbocycles. The zero-order valence-corrected chi connectivity index (χ0v) is 27.9. The highest BCUT2D eigenvalue weighted by atomic mass is 33.3. The lowest BCUT2D eigenvalue weighted by Crippen LogP contribution is -1.64. The van der Waals surface area contributed by atoms with Gasteiger partial charge in [-0.15, -0.1) is 71.4 Å². The first kappa shape index (κ1) is 27.3. The molecule has 0 spiro atoms. The van der Waals surface area contributed by atoms with Crippen molar-refractivity contribution in [2.45, 2.75) is 6.92 Å². The second-order valence-electron chi connectivity index (χ2n) is 3.21. The van der Waals surface area contributed by atoms with Gasteiger partial charge in [-0.1, -0.05) is 14.0 Å². The van der Waals surface area contributed by atoms with Gasteiger partial charge < -0.3 is 0 Å². The van der Waals surface area contributed by atoms with Crippen molar-refractivity contribution in [1.29, 1.82) is 0 Å². The molecule has 0 aliphatic heterocycles. The van der Waals surface area contributed by atoms with Gasteiger partial charge in [-0.05, 0) is 40.9 Å². The minimum atomic E-state index is -0.252. The number of nitrogens with zero attached hydrogens (tertiary/aromatic N) is 1. The van der Waals surface area contributed by atoms with Crippen molar-refractivity contribution >= 4 is 135 Å². The first-order valence-corrected chi connectivity index (χ1v) is 33.8. The summed E-state index contributed by atoms with van der Waals surface area (Å²) in [5, 5.41) is 0. The van der Waals surface area contributed by atoms with Gasteiger partial charge in [-0.3, -0.25) is 4.76 Å². The van der Waals surface area contributed by atoms with E-state index in [9.17, 15) is 0 Å². The van der Waals surface area contributed by atoms with E-state index in [2.05, 4.69) is 96.7 Å². The van der Waals surface area contributed by atoms with Crippen LogP contribution in [0.25, 0.3) is 0 Å². The van der Waals surface area contributed by atoms with E-state index in [0.717, 1.165) is 7.96 Å². The molecular weight excluding hydrogens is 558 g/mol. The van der Waals surface area contributed by atoms with E-state index in [-0.39, 0.29) is 49.4 Å². The van der Waals surface area contributed by atoms with Crippen LogP contribution < -0.4 is 0 Å². The molecule has 0 amide bonds. The number of hydrogen-bond donors (Lipinski definition) is 0. The van der Waals surface area contributed by atoms with Crippen molar-refractivity contribution in [3.05, 3.63) is 12.2 Å². The van der Waals surface area contributed by atoms with Crippen LogP contribution in [-0.2, 0) is 0 Å². The maximum Gasteiger partial charge on any atom is 0.0837 e. The van der Waals surface area contributed by atoms with Crippen LogP contribution in [0.1, 0.15) is 6.92 Å². The summed E-state index contributed by atoms with van der Waals surface area (Å²) in [7, 11) is 25.4. The average molecular weight is 581 g/mol. The lowest BCUT2D eigenvalue weighted by atomic mass is 10.6. The van der Waals surface area contributed by atoms with Crippen LogP contribution in [0.3, 0.4) is 0 Å². The summed E-state index contributed by atoms with van der Waals surface area (Å²) in [4.78, 5) is 0. The van der Waals surface area contributed by atoms with Crippen LogP contribution in [-0.4, -0.2) is 6.21 Å². The maximum absolute atomic E-state index is 5.12. The van der Waals surface area contributed by atoms with E-state index in [1.807, 2.05) is 0 Å². The summed E-state index contributed by atoms with van der Waals surface area (Å²) in [6.45, 7) is 1.83. The lowest BCUT2D eigenvalue weighted by molar-refractivity contribution is 1.77. The third kappa shape index (κ3) is 11.2. The van der Waals surface area contributed by atoms with Gasteiger partial charge in [0.25, 0.3) is 0 Å². The predicted octanol–water partition coefficient (Wildman–Crippen LogP) is 10.3. The van der Waals surface area contributed by atoms with Crippen molar-refractivity contribution in [3.63, 3.8) is 0 Å². The second kappa shape index (κ2) is 16.1. The van der Waals surface area contributed by atoms with Crippen molar-refractivity contribution in [2.24, 2.45) is 4.76 Å². The third-order valence-electron chi connectivity index (χ3n) is 1.71. The molecule has 0 saturated heterocycles. The summed E-state index contributed by atoms with van der Waals surface area (Å²) in [5.41, 5.74) is 0. The predicted molar refractivity (Wildman–Crippen MR) is 158 cm³/mol. The zero-order valence-electron chi connectivity index (χ0n) is 11.4. The first-order chi connectivity index (χ1) is 9.77. The minimum absolute atomic E-state index is 0.0144. The van der Waals surface area contributed by atoms with E-state index < -0.39 is 0 Å². The number of allylic oxidation sites excluding steroid dienone is 2. The number of rotatable bonds is 9. The third-order valence-corrected chi connectivity index (χ3v) is 95.2. The molecule has 0 heterocycles. The topological polar surface area (TPSA) is 12.4 Å². The molecule has 0 aromatic rings. The molecule has 0 bridgehead atoms. The van der Waals surface area contributed by atoms with Crippen LogP contribution in [0.4, 0.5) is 0 Å². The van der Waals surface area contributed by atoms with Crippen molar-refractivity contribution < 1.29 is 0 Å². The van der Waals surface area contributed by atoms with E-state index in [4.69, 9.17) is 4.76 Å². The summed E-state index contributed by atoms with van der Waals surface area (Å²) >= 11 is 0. The molecule has 12 unspecified atom stereocenters. The first-order valence-electron chi connectivity index (χ1n) is 5.22. The molecule has 0 saturated carbocycles. The Balaban J connectivity index is 5.63. The minimum Gasteiger partial charge on any atom is -0.259 e. The molecule has 0 aliphatic rings. The van der Waals surface area contributed by atoms with Gasteiger partial charge in [0, 0.05) is 20.2 Å². The van der Waals surface area contributed by atoms with Gasteiger partial charge in [0.15, 0.2) is 0 Å². The van der Waals surface area contributed by atoms with Gasteiger partial charge in [-0.2, -0.15) is 0 Å². The average Bonchev–Trinajstić information content (AvgIpc) is 2.37. The SMILES string of the molecule is CC=CC=NP(P(P(P)P)P(P)P)P(P(P)P)P(P)PP. The molecule has 0 aromatic heterocycles. The summed E-state index contributed by atoms with van der Waals surface area (Å²) in [6.07, 6.45) is 6.22. The standard InChI is InChI=1S/C4H23NP16/c1-2-3-4-5-15(20(16(7)8)17(9)10)21(18(11)12)19(13)14-6/h2-4,14H,6-13H2,1H3. The smallest absolute Gasteiger partial charge is 0.0837 e. The Morgan fingerprint density at radius 2 is 1.33 bits per heavy atom. The molecule has 124 valence electrons. The largest absolute Gasteiger partial charge is 0.259 e. The maximum atomic E-state index is 5.12. The van der Waals surface area contributed by atoms with Gasteiger partial charge in [-0.25, -0.2) is 0 Å². The quantitative estimate of drug-likeness (QED) is 0.190. The molecule has 0 N–H and O–H groups in total. The fraction of sp³-hybridized carbons (Fsp3) is 0.250. The molecule has 17 heteroatoms. The Kier molecular flexibility index (Phi) is 21.0. The lowest BCUT2D eigenvalue weighted by Gasteiger charge is -2.39. The van der Waals surface area contributed by atoms with Gasteiger partial charge in [0.2, 0.25) is 0 Å². The number of hydrogen-bond acceptors (Lipinski definition) is 1. The van der Waals surface area contributed by atoms with E-state index in [1.54, 1.807) is 0 Å². The van der Waals surface area contributed by atoms with Crippen LogP contribution in [0.15, 0.2) is 16.9 Å². The molecule has 0 aromatic carbocycles. The van der Waals surface area contributed by atoms with Crippen LogP contribution >= 0.6 is 129 Å². The highest BCUT2D eigenvalue weighted by Gasteiger charge is 2.38. The fourth-order valence-corrected chi connectivity index (χ4v) is 148. The van der Waals surface area contributed by atoms with Crippen molar-refractivity contribution in [1.82, 2.24) is 0 Å². The zero-order chi connectivity index (χ0) is 16.6. The van der Waals surface area contributed by atoms with Gasteiger partial charge in [0.05, 0.1) is 7.45 Å². The Morgan fingerprint density at radius 3 is 1.67 bits per heavy atom. The second-order valence-corrected chi connectivity index (χ2v) is 63.1. The van der Waals surface area contributed by atoms with Crippen molar-refractivity contribution in [3.8, 4) is 0 Å². The summed E-state index contributed by atoms with van der Waals surface area (Å²) in [6, 6.07) is 0. The molecule has 0 rings (SSSR count). The van der Waals surface area contributed by atoms with E-state index in [0.29, 0.717) is 0 Å². The molecule has 21 heavy (non-hydrogen) atoms. The van der Waals surface area contributed by atoms with E-state index >= 15 is 0 Å². The highest BCUT2D eigenvalue weighted by molar-refractivity contribution is 9.25. The van der Waals surface area contributed by atoms with Crippen molar-refractivity contribution in [2.75, 3.05) is 0 Å². The summed E-state index contributed by atoms with van der Waals surface area (Å²) in [5.74, 6) is 0. The molecular formula is C4H23NP16. The molecule has 0 fully saturated rings. The monoisotopic (exact) mass is 581 g/mol. The molecule has 0 radical (unpaired) electrons. The normalized spacial score (nSPS) is 18.3. The van der Waals surface area contributed by atoms with E-state index in [1.165, 1.54) is 0 Å².